The zero-order valence-corrected chi connectivity index (χ0v) is 17.1. The van der Waals surface area contributed by atoms with Gasteiger partial charge in [0.1, 0.15) is 6.61 Å². The first-order chi connectivity index (χ1) is 14.0. The van der Waals surface area contributed by atoms with Gasteiger partial charge in [-0.15, -0.1) is 0 Å². The maximum atomic E-state index is 11.1. The van der Waals surface area contributed by atoms with Gasteiger partial charge < -0.3 is 19.4 Å². The van der Waals surface area contributed by atoms with Crippen molar-refractivity contribution >= 4 is 22.5 Å². The van der Waals surface area contributed by atoms with Crippen molar-refractivity contribution < 1.29 is 24.2 Å². The Bertz CT molecular complexity index is 855. The average Bonchev–Trinajstić information content (AvgIpc) is 2.73. The molecule has 2 aromatic carbocycles. The molecule has 0 radical (unpaired) electrons. The van der Waals surface area contributed by atoms with Crippen LogP contribution in [0.25, 0.3) is 10.8 Å². The SMILES string of the molecule is C/C(=N/OCCCCCC1COC(C)(C(=O)O)OC1)c1ccc2ccccc2c1. The fourth-order valence-electron chi connectivity index (χ4n) is 3.32. The predicted octanol–water partition coefficient (Wildman–Crippen LogP) is 4.60. The van der Waals surface area contributed by atoms with E-state index in [0.717, 1.165) is 37.0 Å². The number of ether oxygens (including phenoxy) is 2. The minimum absolute atomic E-state index is 0.247. The highest BCUT2D eigenvalue weighted by Crippen LogP contribution is 2.24. The molecule has 1 aliphatic heterocycles. The van der Waals surface area contributed by atoms with Crippen LogP contribution in [-0.4, -0.2) is 42.4 Å². The van der Waals surface area contributed by atoms with Crippen LogP contribution in [0.3, 0.4) is 0 Å². The zero-order valence-electron chi connectivity index (χ0n) is 17.1. The summed E-state index contributed by atoms with van der Waals surface area (Å²) in [5, 5.41) is 15.7. The molecule has 29 heavy (non-hydrogen) atoms. The highest BCUT2D eigenvalue weighted by atomic mass is 16.7. The van der Waals surface area contributed by atoms with Gasteiger partial charge in [-0.1, -0.05) is 48.0 Å². The number of carbonyl (C=O) groups is 1. The first-order valence-electron chi connectivity index (χ1n) is 10.1. The van der Waals surface area contributed by atoms with Crippen LogP contribution in [0.1, 0.15) is 45.1 Å². The standard InChI is InChI=1S/C23H29NO5/c1-17(20-12-11-19-9-5-6-10-21(19)14-20)24-29-13-7-3-4-8-18-15-27-23(2,22(25)26)28-16-18/h5-6,9-12,14,18H,3-4,7-8,13,15-16H2,1-2H3,(H,25,26)/b24-17-. The molecule has 0 saturated carbocycles. The van der Waals surface area contributed by atoms with Crippen LogP contribution in [0.2, 0.25) is 0 Å². The lowest BCUT2D eigenvalue weighted by atomic mass is 10.0. The van der Waals surface area contributed by atoms with E-state index in [-0.39, 0.29) is 5.92 Å². The fraction of sp³-hybridized carbons (Fsp3) is 0.478. The van der Waals surface area contributed by atoms with Gasteiger partial charge in [-0.2, -0.15) is 0 Å². The summed E-state index contributed by atoms with van der Waals surface area (Å²) < 4.78 is 10.7. The van der Waals surface area contributed by atoms with Gasteiger partial charge in [0.25, 0.3) is 5.79 Å². The molecular weight excluding hydrogens is 370 g/mol. The van der Waals surface area contributed by atoms with Gasteiger partial charge in [0.05, 0.1) is 18.9 Å². The second kappa shape index (κ2) is 9.85. The molecule has 1 saturated heterocycles. The molecule has 0 atom stereocenters. The van der Waals surface area contributed by atoms with Gasteiger partial charge in [0.15, 0.2) is 0 Å². The van der Waals surface area contributed by atoms with Crippen molar-refractivity contribution in [2.45, 2.75) is 45.3 Å². The summed E-state index contributed by atoms with van der Waals surface area (Å²) in [5.74, 6) is -2.32. The smallest absolute Gasteiger partial charge is 0.364 e. The number of unbranched alkanes of at least 4 members (excludes halogenated alkanes) is 2. The molecule has 0 spiro atoms. The van der Waals surface area contributed by atoms with Gasteiger partial charge in [0, 0.05) is 12.8 Å². The molecule has 0 aromatic heterocycles. The number of benzene rings is 2. The Hall–Kier alpha value is -2.44. The predicted molar refractivity (Wildman–Crippen MR) is 112 cm³/mol. The molecule has 6 heteroatoms. The first kappa shape index (κ1) is 21.3. The Morgan fingerprint density at radius 3 is 2.59 bits per heavy atom. The van der Waals surface area contributed by atoms with Gasteiger partial charge in [-0.25, -0.2) is 4.79 Å². The minimum atomic E-state index is -1.49. The summed E-state index contributed by atoms with van der Waals surface area (Å²) in [4.78, 5) is 16.5. The Kier molecular flexibility index (Phi) is 7.23. The molecule has 0 amide bonds. The second-order valence-corrected chi connectivity index (χ2v) is 7.66. The van der Waals surface area contributed by atoms with Crippen molar-refractivity contribution in [3.63, 3.8) is 0 Å². The van der Waals surface area contributed by atoms with Gasteiger partial charge >= 0.3 is 5.97 Å². The quantitative estimate of drug-likeness (QED) is 0.379. The van der Waals surface area contributed by atoms with E-state index in [4.69, 9.17) is 19.4 Å². The van der Waals surface area contributed by atoms with E-state index in [1.165, 1.54) is 17.7 Å². The number of hydrogen-bond donors (Lipinski definition) is 1. The summed E-state index contributed by atoms with van der Waals surface area (Å²) >= 11 is 0. The lowest BCUT2D eigenvalue weighted by Crippen LogP contribution is -2.47. The molecule has 1 heterocycles. The third-order valence-electron chi connectivity index (χ3n) is 5.29. The molecule has 6 nitrogen and oxygen atoms in total. The number of carboxylic acid groups (broad SMARTS) is 1. The van der Waals surface area contributed by atoms with Crippen molar-refractivity contribution in [1.82, 2.24) is 0 Å². The Balaban J connectivity index is 1.32. The summed E-state index contributed by atoms with van der Waals surface area (Å²) in [6.45, 7) is 4.84. The van der Waals surface area contributed by atoms with E-state index >= 15 is 0 Å². The number of oxime groups is 1. The number of rotatable bonds is 9. The molecule has 1 fully saturated rings. The topological polar surface area (TPSA) is 77.4 Å². The van der Waals surface area contributed by atoms with Crippen molar-refractivity contribution in [3.8, 4) is 0 Å². The van der Waals surface area contributed by atoms with E-state index < -0.39 is 11.8 Å². The first-order valence-corrected chi connectivity index (χ1v) is 10.1. The van der Waals surface area contributed by atoms with E-state index in [9.17, 15) is 4.79 Å². The van der Waals surface area contributed by atoms with Crippen molar-refractivity contribution in [3.05, 3.63) is 48.0 Å². The third kappa shape index (κ3) is 5.78. The number of carboxylic acids is 1. The highest BCUT2D eigenvalue weighted by molar-refractivity contribution is 6.01. The average molecular weight is 399 g/mol. The summed E-state index contributed by atoms with van der Waals surface area (Å²) in [5.41, 5.74) is 1.93. The lowest BCUT2D eigenvalue weighted by molar-refractivity contribution is -0.271. The van der Waals surface area contributed by atoms with E-state index in [1.54, 1.807) is 0 Å². The maximum Gasteiger partial charge on any atom is 0.364 e. The molecule has 0 aliphatic carbocycles. The van der Waals surface area contributed by atoms with E-state index in [2.05, 4.69) is 35.5 Å². The van der Waals surface area contributed by atoms with Gasteiger partial charge in [-0.3, -0.25) is 0 Å². The van der Waals surface area contributed by atoms with Crippen LogP contribution < -0.4 is 0 Å². The van der Waals surface area contributed by atoms with Crippen LogP contribution in [0.5, 0.6) is 0 Å². The summed E-state index contributed by atoms with van der Waals surface area (Å²) in [7, 11) is 0. The summed E-state index contributed by atoms with van der Waals surface area (Å²) in [6, 6.07) is 14.5. The molecule has 2 aromatic rings. The van der Waals surface area contributed by atoms with Crippen molar-refractivity contribution in [2.24, 2.45) is 11.1 Å². The molecule has 156 valence electrons. The molecule has 0 bridgehead atoms. The van der Waals surface area contributed by atoms with Crippen LogP contribution in [0.4, 0.5) is 0 Å². The van der Waals surface area contributed by atoms with Gasteiger partial charge in [0.2, 0.25) is 0 Å². The van der Waals surface area contributed by atoms with E-state index in [0.29, 0.717) is 19.8 Å². The molecule has 0 unspecified atom stereocenters. The summed E-state index contributed by atoms with van der Waals surface area (Å²) in [6.07, 6.45) is 3.93. The molecule has 1 aliphatic rings. The maximum absolute atomic E-state index is 11.1. The van der Waals surface area contributed by atoms with E-state index in [1.807, 2.05) is 19.1 Å². The van der Waals surface area contributed by atoms with Crippen LogP contribution in [0, 0.1) is 5.92 Å². The fourth-order valence-corrected chi connectivity index (χ4v) is 3.32. The number of fused-ring (bicyclic) bond motifs is 1. The second-order valence-electron chi connectivity index (χ2n) is 7.66. The molecule has 3 rings (SSSR count). The Morgan fingerprint density at radius 2 is 1.86 bits per heavy atom. The van der Waals surface area contributed by atoms with Gasteiger partial charge in [-0.05, 0) is 48.6 Å². The number of aliphatic carboxylic acids is 1. The minimum Gasteiger partial charge on any atom is -0.477 e. The van der Waals surface area contributed by atoms with Crippen molar-refractivity contribution in [1.29, 1.82) is 0 Å². The lowest BCUT2D eigenvalue weighted by Gasteiger charge is -2.34. The largest absolute Gasteiger partial charge is 0.477 e. The normalized spacial score (nSPS) is 22.6. The zero-order chi connectivity index (χ0) is 20.7. The van der Waals surface area contributed by atoms with Crippen molar-refractivity contribution in [2.75, 3.05) is 19.8 Å². The third-order valence-corrected chi connectivity index (χ3v) is 5.29. The number of nitrogens with zero attached hydrogens (tertiary/aromatic N) is 1. The van der Waals surface area contributed by atoms with Crippen LogP contribution in [-0.2, 0) is 19.1 Å². The van der Waals surface area contributed by atoms with Crippen LogP contribution in [0.15, 0.2) is 47.6 Å². The number of hydrogen-bond acceptors (Lipinski definition) is 5. The Labute approximate surface area is 171 Å². The monoisotopic (exact) mass is 399 g/mol. The van der Waals surface area contributed by atoms with Crippen LogP contribution >= 0.6 is 0 Å². The highest BCUT2D eigenvalue weighted by Gasteiger charge is 2.40. The molecular formula is C23H29NO5. The Morgan fingerprint density at radius 1 is 1.14 bits per heavy atom. The molecule has 1 N–H and O–H groups in total.